The van der Waals surface area contributed by atoms with Gasteiger partial charge in [-0.2, -0.15) is 11.8 Å². The fourth-order valence-electron chi connectivity index (χ4n) is 2.34. The summed E-state index contributed by atoms with van der Waals surface area (Å²) in [5, 5.41) is 4.15. The largest absolute Gasteiger partial charge is 0.357 e. The molecule has 1 unspecified atom stereocenters. The Morgan fingerprint density at radius 3 is 3.00 bits per heavy atom. The number of nitrogens with zero attached hydrogens (tertiary/aromatic N) is 3. The predicted molar refractivity (Wildman–Crippen MR) is 91.9 cm³/mol. The molecule has 4 nitrogen and oxygen atoms in total. The van der Waals surface area contributed by atoms with Crippen LogP contribution in [0.15, 0.2) is 23.3 Å². The Hall–Kier alpha value is -1.23. The van der Waals surface area contributed by atoms with Gasteiger partial charge in [0.15, 0.2) is 5.96 Å². The van der Waals surface area contributed by atoms with Crippen molar-refractivity contribution in [3.8, 4) is 0 Å². The first-order valence-electron chi connectivity index (χ1n) is 7.79. The molecule has 21 heavy (non-hydrogen) atoms. The summed E-state index contributed by atoms with van der Waals surface area (Å²) in [7, 11) is 0. The van der Waals surface area contributed by atoms with E-state index in [-0.39, 0.29) is 0 Å². The van der Waals surface area contributed by atoms with Crippen molar-refractivity contribution in [3.05, 3.63) is 29.6 Å². The number of nitrogens with one attached hydrogen (secondary N) is 1. The lowest BCUT2D eigenvalue weighted by atomic mass is 10.2. The molecule has 1 aliphatic heterocycles. The van der Waals surface area contributed by atoms with Crippen LogP contribution in [0.1, 0.15) is 31.5 Å². The molecule has 1 aliphatic rings. The molecular weight excluding hydrogens is 280 g/mol. The van der Waals surface area contributed by atoms with Gasteiger partial charge in [0.25, 0.3) is 0 Å². The van der Waals surface area contributed by atoms with Crippen LogP contribution in [-0.2, 0) is 6.54 Å². The zero-order valence-corrected chi connectivity index (χ0v) is 14.1. The lowest BCUT2D eigenvalue weighted by molar-refractivity contribution is 0.408. The summed E-state index contributed by atoms with van der Waals surface area (Å²) in [6.45, 7) is 10.2. The Balaban J connectivity index is 2.02. The van der Waals surface area contributed by atoms with Crippen LogP contribution in [0, 0.1) is 6.92 Å². The standard InChI is InChI=1S/C16H26N4S/c1-4-15-12-20(8-9-21-15)16(17-5-2)19-11-14-7-6-13(3)18-10-14/h6-7,10,15H,4-5,8-9,11-12H2,1-3H3,(H,17,19). The molecule has 116 valence electrons. The maximum Gasteiger partial charge on any atom is 0.194 e. The molecule has 2 rings (SSSR count). The van der Waals surface area contributed by atoms with Crippen molar-refractivity contribution < 1.29 is 0 Å². The molecule has 1 aromatic rings. The van der Waals surface area contributed by atoms with Gasteiger partial charge in [0.05, 0.1) is 6.54 Å². The Labute approximate surface area is 132 Å². The van der Waals surface area contributed by atoms with Gasteiger partial charge >= 0.3 is 0 Å². The topological polar surface area (TPSA) is 40.5 Å². The molecule has 0 aromatic carbocycles. The van der Waals surface area contributed by atoms with Gasteiger partial charge < -0.3 is 10.2 Å². The number of guanidine groups is 1. The van der Waals surface area contributed by atoms with E-state index in [4.69, 9.17) is 4.99 Å². The van der Waals surface area contributed by atoms with Gasteiger partial charge in [0.2, 0.25) is 0 Å². The average Bonchev–Trinajstić information content (AvgIpc) is 2.53. The third-order valence-corrected chi connectivity index (χ3v) is 4.98. The van der Waals surface area contributed by atoms with Crippen LogP contribution in [0.2, 0.25) is 0 Å². The second-order valence-electron chi connectivity index (χ2n) is 5.33. The van der Waals surface area contributed by atoms with E-state index in [2.05, 4.69) is 46.9 Å². The Morgan fingerprint density at radius 2 is 2.33 bits per heavy atom. The molecule has 0 saturated carbocycles. The Bertz CT molecular complexity index is 458. The first-order chi connectivity index (χ1) is 10.2. The monoisotopic (exact) mass is 306 g/mol. The first kappa shape index (κ1) is 16.1. The second-order valence-corrected chi connectivity index (χ2v) is 6.73. The van der Waals surface area contributed by atoms with E-state index in [1.165, 1.54) is 12.2 Å². The van der Waals surface area contributed by atoms with E-state index in [0.29, 0.717) is 6.54 Å². The minimum Gasteiger partial charge on any atom is -0.357 e. The maximum atomic E-state index is 4.79. The highest BCUT2D eigenvalue weighted by Crippen LogP contribution is 2.21. The van der Waals surface area contributed by atoms with Crippen molar-refractivity contribution >= 4 is 17.7 Å². The number of aromatic nitrogens is 1. The molecule has 0 bridgehead atoms. The molecule has 0 amide bonds. The molecule has 0 spiro atoms. The SMILES string of the molecule is CCNC(=NCc1ccc(C)nc1)N1CCSC(CC)C1. The smallest absolute Gasteiger partial charge is 0.194 e. The summed E-state index contributed by atoms with van der Waals surface area (Å²) in [4.78, 5) is 11.5. The number of aryl methyl sites for hydroxylation is 1. The third-order valence-electron chi connectivity index (χ3n) is 3.61. The number of aliphatic imine (C=N–C) groups is 1. The van der Waals surface area contributed by atoms with Crippen molar-refractivity contribution in [2.24, 2.45) is 4.99 Å². The predicted octanol–water partition coefficient (Wildman–Crippen LogP) is 2.68. The fourth-order valence-corrected chi connectivity index (χ4v) is 3.52. The highest BCUT2D eigenvalue weighted by molar-refractivity contribution is 8.00. The van der Waals surface area contributed by atoms with Gasteiger partial charge in [-0.3, -0.25) is 4.98 Å². The number of hydrogen-bond donors (Lipinski definition) is 1. The fraction of sp³-hybridized carbons (Fsp3) is 0.625. The number of thioether (sulfide) groups is 1. The normalized spacial score (nSPS) is 19.7. The lowest BCUT2D eigenvalue weighted by Crippen LogP contribution is -2.48. The number of rotatable bonds is 4. The molecule has 1 fully saturated rings. The second kappa shape index (κ2) is 8.27. The zero-order chi connectivity index (χ0) is 15.1. The van der Waals surface area contributed by atoms with Crippen LogP contribution in [-0.4, -0.2) is 46.5 Å². The summed E-state index contributed by atoms with van der Waals surface area (Å²) in [5.41, 5.74) is 2.21. The van der Waals surface area contributed by atoms with Gasteiger partial charge in [0.1, 0.15) is 0 Å². The van der Waals surface area contributed by atoms with Crippen molar-refractivity contribution in [2.45, 2.75) is 39.0 Å². The van der Waals surface area contributed by atoms with E-state index in [1.54, 1.807) is 0 Å². The van der Waals surface area contributed by atoms with Crippen molar-refractivity contribution in [2.75, 3.05) is 25.4 Å². The Kier molecular flexibility index (Phi) is 6.36. The quantitative estimate of drug-likeness (QED) is 0.686. The highest BCUT2D eigenvalue weighted by atomic mass is 32.2. The minimum atomic E-state index is 0.691. The summed E-state index contributed by atoms with van der Waals surface area (Å²) in [6, 6.07) is 4.15. The molecular formula is C16H26N4S. The van der Waals surface area contributed by atoms with Crippen LogP contribution >= 0.6 is 11.8 Å². The van der Waals surface area contributed by atoms with E-state index in [0.717, 1.165) is 42.1 Å². The molecule has 5 heteroatoms. The number of pyridine rings is 1. The van der Waals surface area contributed by atoms with Gasteiger partial charge in [-0.15, -0.1) is 0 Å². The van der Waals surface area contributed by atoms with Gasteiger partial charge in [-0.25, -0.2) is 4.99 Å². The van der Waals surface area contributed by atoms with Crippen molar-refractivity contribution in [1.29, 1.82) is 0 Å². The van der Waals surface area contributed by atoms with E-state index in [9.17, 15) is 0 Å². The van der Waals surface area contributed by atoms with E-state index < -0.39 is 0 Å². The zero-order valence-electron chi connectivity index (χ0n) is 13.3. The van der Waals surface area contributed by atoms with Crippen LogP contribution in [0.25, 0.3) is 0 Å². The molecule has 1 atom stereocenters. The summed E-state index contributed by atoms with van der Waals surface area (Å²) in [5.74, 6) is 2.23. The first-order valence-corrected chi connectivity index (χ1v) is 8.84. The van der Waals surface area contributed by atoms with Crippen LogP contribution in [0.3, 0.4) is 0 Å². The molecule has 1 N–H and O–H groups in total. The summed E-state index contributed by atoms with van der Waals surface area (Å²) >= 11 is 2.08. The van der Waals surface area contributed by atoms with Crippen molar-refractivity contribution in [3.63, 3.8) is 0 Å². The molecule has 0 aliphatic carbocycles. The number of hydrogen-bond acceptors (Lipinski definition) is 3. The minimum absolute atomic E-state index is 0.691. The highest BCUT2D eigenvalue weighted by Gasteiger charge is 2.21. The van der Waals surface area contributed by atoms with Crippen LogP contribution in [0.4, 0.5) is 0 Å². The maximum absolute atomic E-state index is 4.79. The van der Waals surface area contributed by atoms with Gasteiger partial charge in [-0.1, -0.05) is 13.0 Å². The van der Waals surface area contributed by atoms with Crippen LogP contribution < -0.4 is 5.32 Å². The van der Waals surface area contributed by atoms with E-state index >= 15 is 0 Å². The summed E-state index contributed by atoms with van der Waals surface area (Å²) in [6.07, 6.45) is 3.14. The van der Waals surface area contributed by atoms with Gasteiger partial charge in [0, 0.05) is 42.5 Å². The third kappa shape index (κ3) is 4.92. The lowest BCUT2D eigenvalue weighted by Gasteiger charge is -2.34. The molecule has 2 heterocycles. The van der Waals surface area contributed by atoms with Crippen LogP contribution in [0.5, 0.6) is 0 Å². The Morgan fingerprint density at radius 1 is 1.48 bits per heavy atom. The summed E-state index contributed by atoms with van der Waals surface area (Å²) < 4.78 is 0. The molecule has 1 saturated heterocycles. The van der Waals surface area contributed by atoms with Crippen molar-refractivity contribution in [1.82, 2.24) is 15.2 Å². The average molecular weight is 306 g/mol. The molecule has 0 radical (unpaired) electrons. The van der Waals surface area contributed by atoms with E-state index in [1.807, 2.05) is 19.2 Å². The molecule has 1 aromatic heterocycles. The van der Waals surface area contributed by atoms with Gasteiger partial charge in [-0.05, 0) is 31.9 Å².